The normalized spacial score (nSPS) is 14.5. The SMILES string of the molecule is CCN(Cc1ccccc1)Cc1ccc(CN2CCN(c3nccc(C(C)C)c3C(=O)O)CC2)cc1. The summed E-state index contributed by atoms with van der Waals surface area (Å²) in [7, 11) is 0. The van der Waals surface area contributed by atoms with E-state index in [4.69, 9.17) is 0 Å². The Morgan fingerprint density at radius 1 is 0.917 bits per heavy atom. The number of rotatable bonds is 10. The molecular formula is C30H38N4O2. The number of aromatic carboxylic acids is 1. The minimum Gasteiger partial charge on any atom is -0.478 e. The molecule has 4 rings (SSSR count). The fourth-order valence-corrected chi connectivity index (χ4v) is 4.91. The summed E-state index contributed by atoms with van der Waals surface area (Å²) in [6.45, 7) is 13.4. The largest absolute Gasteiger partial charge is 0.478 e. The van der Waals surface area contributed by atoms with Gasteiger partial charge in [-0.2, -0.15) is 0 Å². The van der Waals surface area contributed by atoms with Gasteiger partial charge in [0.1, 0.15) is 11.4 Å². The van der Waals surface area contributed by atoms with Crippen molar-refractivity contribution in [3.63, 3.8) is 0 Å². The van der Waals surface area contributed by atoms with E-state index in [2.05, 4.69) is 81.2 Å². The number of anilines is 1. The average molecular weight is 487 g/mol. The highest BCUT2D eigenvalue weighted by molar-refractivity contribution is 5.95. The van der Waals surface area contributed by atoms with Gasteiger partial charge in [0.05, 0.1) is 0 Å². The van der Waals surface area contributed by atoms with Crippen LogP contribution in [-0.4, -0.2) is 58.6 Å². The third-order valence-electron chi connectivity index (χ3n) is 7.00. The summed E-state index contributed by atoms with van der Waals surface area (Å²) in [4.78, 5) is 23.5. The Morgan fingerprint density at radius 2 is 1.53 bits per heavy atom. The number of aromatic nitrogens is 1. The Hall–Kier alpha value is -3.22. The average Bonchev–Trinajstić information content (AvgIpc) is 2.90. The van der Waals surface area contributed by atoms with E-state index in [9.17, 15) is 9.90 Å². The van der Waals surface area contributed by atoms with Crippen molar-refractivity contribution in [2.24, 2.45) is 0 Å². The lowest BCUT2D eigenvalue weighted by Crippen LogP contribution is -2.46. The predicted octanol–water partition coefficient (Wildman–Crippen LogP) is 5.25. The van der Waals surface area contributed by atoms with Gasteiger partial charge in [-0.15, -0.1) is 0 Å². The molecule has 0 atom stereocenters. The zero-order valence-corrected chi connectivity index (χ0v) is 21.7. The quantitative estimate of drug-likeness (QED) is 0.423. The highest BCUT2D eigenvalue weighted by Gasteiger charge is 2.25. The van der Waals surface area contributed by atoms with Crippen LogP contribution in [0.5, 0.6) is 0 Å². The summed E-state index contributed by atoms with van der Waals surface area (Å²) >= 11 is 0. The van der Waals surface area contributed by atoms with Gasteiger partial charge in [-0.1, -0.05) is 75.4 Å². The molecule has 0 bridgehead atoms. The predicted molar refractivity (Wildman–Crippen MR) is 145 cm³/mol. The van der Waals surface area contributed by atoms with Crippen molar-refractivity contribution in [1.29, 1.82) is 0 Å². The van der Waals surface area contributed by atoms with Crippen molar-refractivity contribution in [2.45, 2.75) is 46.3 Å². The summed E-state index contributed by atoms with van der Waals surface area (Å²) in [6.07, 6.45) is 1.74. The highest BCUT2D eigenvalue weighted by Crippen LogP contribution is 2.28. The molecular weight excluding hydrogens is 448 g/mol. The number of hydrogen-bond acceptors (Lipinski definition) is 5. The summed E-state index contributed by atoms with van der Waals surface area (Å²) in [5.41, 5.74) is 5.19. The van der Waals surface area contributed by atoms with Crippen molar-refractivity contribution in [1.82, 2.24) is 14.8 Å². The lowest BCUT2D eigenvalue weighted by Gasteiger charge is -2.36. The van der Waals surface area contributed by atoms with E-state index in [0.717, 1.165) is 57.9 Å². The van der Waals surface area contributed by atoms with Crippen LogP contribution in [-0.2, 0) is 19.6 Å². The third-order valence-corrected chi connectivity index (χ3v) is 7.00. The molecule has 2 aromatic carbocycles. The monoisotopic (exact) mass is 486 g/mol. The number of carboxylic acid groups (broad SMARTS) is 1. The van der Waals surface area contributed by atoms with E-state index in [1.165, 1.54) is 16.7 Å². The van der Waals surface area contributed by atoms with Crippen LogP contribution >= 0.6 is 0 Å². The maximum absolute atomic E-state index is 12.0. The second kappa shape index (κ2) is 12.2. The van der Waals surface area contributed by atoms with Crippen molar-refractivity contribution in [2.75, 3.05) is 37.6 Å². The maximum atomic E-state index is 12.0. The topological polar surface area (TPSA) is 59.9 Å². The Labute approximate surface area is 215 Å². The molecule has 6 nitrogen and oxygen atoms in total. The van der Waals surface area contributed by atoms with E-state index in [1.807, 2.05) is 19.9 Å². The Morgan fingerprint density at radius 3 is 2.11 bits per heavy atom. The Balaban J connectivity index is 1.32. The van der Waals surface area contributed by atoms with Gasteiger partial charge in [0.2, 0.25) is 0 Å². The Kier molecular flexibility index (Phi) is 8.73. The molecule has 1 aliphatic heterocycles. The van der Waals surface area contributed by atoms with E-state index in [-0.39, 0.29) is 5.92 Å². The fraction of sp³-hybridized carbons (Fsp3) is 0.400. The summed E-state index contributed by atoms with van der Waals surface area (Å²) in [6, 6.07) is 21.5. The highest BCUT2D eigenvalue weighted by atomic mass is 16.4. The standard InChI is InChI=1S/C30H38N4O2/c1-4-32(20-24-8-6-5-7-9-24)21-25-10-12-26(13-11-25)22-33-16-18-34(19-17-33)29-28(30(35)36)27(23(2)3)14-15-31-29/h5-15,23H,4,16-22H2,1-3H3,(H,35,36). The number of hydrogen-bond donors (Lipinski definition) is 1. The van der Waals surface area contributed by atoms with Gasteiger partial charge in [0, 0.05) is 52.0 Å². The van der Waals surface area contributed by atoms with Crippen LogP contribution in [0.1, 0.15) is 59.3 Å². The number of carbonyl (C=O) groups is 1. The van der Waals surface area contributed by atoms with Crippen LogP contribution in [0.4, 0.5) is 5.82 Å². The van der Waals surface area contributed by atoms with Crippen molar-refractivity contribution < 1.29 is 9.90 Å². The number of benzene rings is 2. The van der Waals surface area contributed by atoms with E-state index >= 15 is 0 Å². The molecule has 0 amide bonds. The lowest BCUT2D eigenvalue weighted by atomic mass is 9.98. The van der Waals surface area contributed by atoms with E-state index < -0.39 is 5.97 Å². The van der Waals surface area contributed by atoms with Crippen LogP contribution in [0.3, 0.4) is 0 Å². The van der Waals surface area contributed by atoms with Crippen molar-refractivity contribution in [3.05, 3.63) is 94.7 Å². The first-order chi connectivity index (χ1) is 17.4. The minimum atomic E-state index is -0.894. The molecule has 0 aliphatic carbocycles. The molecule has 36 heavy (non-hydrogen) atoms. The first-order valence-electron chi connectivity index (χ1n) is 13.0. The molecule has 2 heterocycles. The van der Waals surface area contributed by atoms with Gasteiger partial charge in [0.15, 0.2) is 0 Å². The van der Waals surface area contributed by atoms with Crippen LogP contribution in [0.15, 0.2) is 66.9 Å². The molecule has 3 aromatic rings. The zero-order valence-electron chi connectivity index (χ0n) is 21.7. The smallest absolute Gasteiger partial charge is 0.339 e. The first kappa shape index (κ1) is 25.9. The molecule has 1 aliphatic rings. The first-order valence-corrected chi connectivity index (χ1v) is 13.0. The maximum Gasteiger partial charge on any atom is 0.339 e. The van der Waals surface area contributed by atoms with Crippen LogP contribution < -0.4 is 4.90 Å². The number of carboxylic acids is 1. The number of piperazine rings is 1. The van der Waals surface area contributed by atoms with Crippen LogP contribution in [0.2, 0.25) is 0 Å². The molecule has 190 valence electrons. The molecule has 1 fully saturated rings. The summed E-state index contributed by atoms with van der Waals surface area (Å²) < 4.78 is 0. The van der Waals surface area contributed by atoms with Gasteiger partial charge < -0.3 is 10.0 Å². The van der Waals surface area contributed by atoms with Crippen molar-refractivity contribution >= 4 is 11.8 Å². The number of nitrogens with zero attached hydrogens (tertiary/aromatic N) is 4. The third kappa shape index (κ3) is 6.50. The molecule has 0 spiro atoms. The van der Waals surface area contributed by atoms with E-state index in [1.54, 1.807) is 6.20 Å². The molecule has 1 saturated heterocycles. The van der Waals surface area contributed by atoms with Gasteiger partial charge in [-0.05, 0) is 40.8 Å². The van der Waals surface area contributed by atoms with Crippen molar-refractivity contribution in [3.8, 4) is 0 Å². The molecule has 0 unspecified atom stereocenters. The fourth-order valence-electron chi connectivity index (χ4n) is 4.91. The van der Waals surface area contributed by atoms with Crippen LogP contribution in [0.25, 0.3) is 0 Å². The Bertz CT molecular complexity index is 1120. The molecule has 0 radical (unpaired) electrons. The van der Waals surface area contributed by atoms with Gasteiger partial charge in [0.25, 0.3) is 0 Å². The molecule has 0 saturated carbocycles. The minimum absolute atomic E-state index is 0.143. The van der Waals surface area contributed by atoms with Gasteiger partial charge >= 0.3 is 5.97 Å². The second-order valence-corrected chi connectivity index (χ2v) is 9.93. The summed E-state index contributed by atoms with van der Waals surface area (Å²) in [5, 5.41) is 9.86. The molecule has 1 aromatic heterocycles. The molecule has 6 heteroatoms. The van der Waals surface area contributed by atoms with Gasteiger partial charge in [-0.25, -0.2) is 9.78 Å². The van der Waals surface area contributed by atoms with E-state index in [0.29, 0.717) is 11.4 Å². The van der Waals surface area contributed by atoms with Crippen LogP contribution in [0, 0.1) is 0 Å². The second-order valence-electron chi connectivity index (χ2n) is 9.93. The summed E-state index contributed by atoms with van der Waals surface area (Å²) in [5.74, 6) is -0.145. The van der Waals surface area contributed by atoms with Gasteiger partial charge in [-0.3, -0.25) is 9.80 Å². The molecule has 1 N–H and O–H groups in total. The lowest BCUT2D eigenvalue weighted by molar-refractivity contribution is 0.0695. The number of pyridine rings is 1. The zero-order chi connectivity index (χ0) is 25.5.